The zero-order valence-electron chi connectivity index (χ0n) is 14.6. The Balaban J connectivity index is 1.66. The van der Waals surface area contributed by atoms with Crippen molar-refractivity contribution in [1.82, 2.24) is 19.9 Å². The first-order valence-electron chi connectivity index (χ1n) is 8.14. The lowest BCUT2D eigenvalue weighted by Crippen LogP contribution is -2.26. The van der Waals surface area contributed by atoms with Gasteiger partial charge in [-0.05, 0) is 37.1 Å². The van der Waals surface area contributed by atoms with Gasteiger partial charge in [0.2, 0.25) is 0 Å². The summed E-state index contributed by atoms with van der Waals surface area (Å²) in [4.78, 5) is 20.9. The Bertz CT molecular complexity index is 906. The number of halogens is 1. The minimum absolute atomic E-state index is 0.179. The second kappa shape index (κ2) is 8.14. The molecule has 0 spiro atoms. The van der Waals surface area contributed by atoms with Crippen LogP contribution in [0.5, 0.6) is 5.75 Å². The van der Waals surface area contributed by atoms with Gasteiger partial charge in [-0.3, -0.25) is 9.36 Å². The van der Waals surface area contributed by atoms with Crippen LogP contribution in [0, 0.1) is 6.92 Å². The number of nitrogens with one attached hydrogen (secondary N) is 1. The quantitative estimate of drug-likeness (QED) is 0.671. The van der Waals surface area contributed by atoms with Crippen molar-refractivity contribution in [2.24, 2.45) is 0 Å². The number of aryl methyl sites for hydroxylation is 1. The van der Waals surface area contributed by atoms with Crippen LogP contribution in [0.4, 0.5) is 0 Å². The first kappa shape index (κ1) is 18.1. The van der Waals surface area contributed by atoms with Gasteiger partial charge in [-0.25, -0.2) is 9.97 Å². The van der Waals surface area contributed by atoms with E-state index in [1.807, 2.05) is 37.4 Å². The van der Waals surface area contributed by atoms with Crippen molar-refractivity contribution in [3.63, 3.8) is 0 Å². The van der Waals surface area contributed by atoms with Crippen LogP contribution in [-0.2, 0) is 6.42 Å². The normalized spacial score (nSPS) is 10.6. The zero-order chi connectivity index (χ0) is 18.5. The van der Waals surface area contributed by atoms with Crippen LogP contribution in [0.2, 0.25) is 0 Å². The molecule has 0 aliphatic rings. The Labute approximate surface area is 160 Å². The number of rotatable bonds is 6. The maximum Gasteiger partial charge on any atom is 0.252 e. The fraction of sp³-hybridized carbons (Fsp3) is 0.211. The molecule has 0 unspecified atom stereocenters. The van der Waals surface area contributed by atoms with Crippen LogP contribution in [0.15, 0.2) is 53.5 Å². The van der Waals surface area contributed by atoms with Gasteiger partial charge in [0.25, 0.3) is 5.91 Å². The predicted octanol–water partition coefficient (Wildman–Crippen LogP) is 3.32. The maximum atomic E-state index is 12.4. The molecule has 0 bridgehead atoms. The molecule has 1 amide bonds. The SMILES string of the molecule is COc1cc(C(=O)NCCc2ccc(Br)cc2)cnc1-n1cnc(C)c1. The molecule has 2 aromatic heterocycles. The van der Waals surface area contributed by atoms with E-state index in [4.69, 9.17) is 4.74 Å². The average molecular weight is 415 g/mol. The summed E-state index contributed by atoms with van der Waals surface area (Å²) in [5.74, 6) is 0.934. The summed E-state index contributed by atoms with van der Waals surface area (Å²) >= 11 is 3.41. The number of pyridine rings is 1. The molecule has 3 aromatic rings. The number of ether oxygens (including phenoxy) is 1. The largest absolute Gasteiger partial charge is 0.493 e. The van der Waals surface area contributed by atoms with Crippen molar-refractivity contribution < 1.29 is 9.53 Å². The lowest BCUT2D eigenvalue weighted by Gasteiger charge is -2.10. The minimum Gasteiger partial charge on any atom is -0.493 e. The number of carbonyl (C=O) groups is 1. The molecule has 134 valence electrons. The van der Waals surface area contributed by atoms with E-state index in [1.165, 1.54) is 0 Å². The number of hydrogen-bond acceptors (Lipinski definition) is 4. The molecule has 3 rings (SSSR count). The summed E-state index contributed by atoms with van der Waals surface area (Å²) in [6.45, 7) is 2.45. The lowest BCUT2D eigenvalue weighted by molar-refractivity contribution is 0.0953. The van der Waals surface area contributed by atoms with E-state index in [-0.39, 0.29) is 5.91 Å². The third-order valence-electron chi connectivity index (χ3n) is 3.88. The van der Waals surface area contributed by atoms with Crippen LogP contribution in [0.1, 0.15) is 21.6 Å². The zero-order valence-corrected chi connectivity index (χ0v) is 16.2. The Morgan fingerprint density at radius 3 is 2.69 bits per heavy atom. The summed E-state index contributed by atoms with van der Waals surface area (Å²) in [5, 5.41) is 2.91. The van der Waals surface area contributed by atoms with Crippen molar-refractivity contribution in [1.29, 1.82) is 0 Å². The van der Waals surface area contributed by atoms with Crippen LogP contribution >= 0.6 is 15.9 Å². The van der Waals surface area contributed by atoms with Gasteiger partial charge >= 0.3 is 0 Å². The molecular formula is C19H19BrN4O2. The molecule has 26 heavy (non-hydrogen) atoms. The van der Waals surface area contributed by atoms with Gasteiger partial charge in [0.05, 0.1) is 18.4 Å². The number of methoxy groups -OCH3 is 1. The van der Waals surface area contributed by atoms with Crippen molar-refractivity contribution in [2.45, 2.75) is 13.3 Å². The molecule has 7 heteroatoms. The second-order valence-electron chi connectivity index (χ2n) is 5.80. The highest BCUT2D eigenvalue weighted by Crippen LogP contribution is 2.21. The van der Waals surface area contributed by atoms with Gasteiger partial charge in [-0.15, -0.1) is 0 Å². The standard InChI is InChI=1S/C19H19BrN4O2/c1-13-11-24(12-23-13)18-17(26-2)9-15(10-22-18)19(25)21-8-7-14-3-5-16(20)6-4-14/h3-6,9-12H,7-8H2,1-2H3,(H,21,25). The first-order chi connectivity index (χ1) is 12.6. The van der Waals surface area contributed by atoms with E-state index >= 15 is 0 Å². The summed E-state index contributed by atoms with van der Waals surface area (Å²) in [5.41, 5.74) is 2.50. The molecule has 0 atom stereocenters. The lowest BCUT2D eigenvalue weighted by atomic mass is 10.1. The van der Waals surface area contributed by atoms with E-state index in [1.54, 1.807) is 30.3 Å². The topological polar surface area (TPSA) is 69.0 Å². The van der Waals surface area contributed by atoms with Gasteiger partial charge in [0, 0.05) is 23.4 Å². The molecule has 0 radical (unpaired) electrons. The molecule has 0 aliphatic carbocycles. The Hall–Kier alpha value is -2.67. The summed E-state index contributed by atoms with van der Waals surface area (Å²) in [7, 11) is 1.56. The fourth-order valence-electron chi connectivity index (χ4n) is 2.52. The van der Waals surface area contributed by atoms with Gasteiger partial charge in [-0.1, -0.05) is 28.1 Å². The molecule has 0 saturated heterocycles. The van der Waals surface area contributed by atoms with Gasteiger partial charge in [-0.2, -0.15) is 0 Å². The summed E-state index contributed by atoms with van der Waals surface area (Å²) < 4.78 is 8.20. The number of imidazole rings is 1. The van der Waals surface area contributed by atoms with E-state index in [9.17, 15) is 4.79 Å². The maximum absolute atomic E-state index is 12.4. The number of hydrogen-bond donors (Lipinski definition) is 1. The summed E-state index contributed by atoms with van der Waals surface area (Å²) in [6.07, 6.45) is 5.82. The first-order valence-corrected chi connectivity index (χ1v) is 8.94. The van der Waals surface area contributed by atoms with Crippen LogP contribution in [0.3, 0.4) is 0 Å². The monoisotopic (exact) mass is 414 g/mol. The highest BCUT2D eigenvalue weighted by molar-refractivity contribution is 9.10. The highest BCUT2D eigenvalue weighted by atomic mass is 79.9. The van der Waals surface area contributed by atoms with Gasteiger partial charge in [0.15, 0.2) is 11.6 Å². The van der Waals surface area contributed by atoms with E-state index in [2.05, 4.69) is 31.2 Å². The number of amides is 1. The van der Waals surface area contributed by atoms with Gasteiger partial charge in [0.1, 0.15) is 6.33 Å². The van der Waals surface area contributed by atoms with E-state index in [0.717, 1.165) is 22.2 Å². The fourth-order valence-corrected chi connectivity index (χ4v) is 2.78. The Kier molecular flexibility index (Phi) is 5.68. The Morgan fingerprint density at radius 2 is 2.04 bits per heavy atom. The van der Waals surface area contributed by atoms with Crippen molar-refractivity contribution in [3.8, 4) is 11.6 Å². The molecule has 1 aromatic carbocycles. The molecule has 0 aliphatic heterocycles. The molecule has 2 heterocycles. The number of benzene rings is 1. The predicted molar refractivity (Wildman–Crippen MR) is 103 cm³/mol. The third kappa shape index (κ3) is 4.29. The molecule has 6 nitrogen and oxygen atoms in total. The minimum atomic E-state index is -0.179. The van der Waals surface area contributed by atoms with Gasteiger partial charge < -0.3 is 10.1 Å². The van der Waals surface area contributed by atoms with Crippen LogP contribution < -0.4 is 10.1 Å². The molecule has 0 fully saturated rings. The molecular weight excluding hydrogens is 396 g/mol. The molecule has 0 saturated carbocycles. The number of carbonyl (C=O) groups excluding carboxylic acids is 1. The van der Waals surface area contributed by atoms with E-state index < -0.39 is 0 Å². The third-order valence-corrected chi connectivity index (χ3v) is 4.41. The van der Waals surface area contributed by atoms with Crippen molar-refractivity contribution >= 4 is 21.8 Å². The smallest absolute Gasteiger partial charge is 0.252 e. The Morgan fingerprint density at radius 1 is 1.27 bits per heavy atom. The van der Waals surface area contributed by atoms with Crippen LogP contribution in [0.25, 0.3) is 5.82 Å². The van der Waals surface area contributed by atoms with Crippen molar-refractivity contribution in [2.75, 3.05) is 13.7 Å². The number of nitrogens with zero attached hydrogens (tertiary/aromatic N) is 3. The average Bonchev–Trinajstić information content (AvgIpc) is 3.09. The highest BCUT2D eigenvalue weighted by Gasteiger charge is 2.13. The number of aromatic nitrogens is 3. The van der Waals surface area contributed by atoms with Crippen molar-refractivity contribution in [3.05, 3.63) is 70.3 Å². The van der Waals surface area contributed by atoms with Crippen LogP contribution in [-0.4, -0.2) is 34.1 Å². The summed E-state index contributed by atoms with van der Waals surface area (Å²) in [6, 6.07) is 9.73. The molecule has 1 N–H and O–H groups in total. The van der Waals surface area contributed by atoms with E-state index in [0.29, 0.717) is 23.7 Å². The second-order valence-corrected chi connectivity index (χ2v) is 6.72.